The lowest BCUT2D eigenvalue weighted by Gasteiger charge is -2.29. The molecule has 0 amide bonds. The number of likely N-dealkylation sites (N-methyl/N-ethyl adjacent to an activating group) is 1. The maximum absolute atomic E-state index is 10.5. The molecule has 142 valence electrons. The molecule has 0 heterocycles. The van der Waals surface area contributed by atoms with E-state index in [-0.39, 0.29) is 19.0 Å². The largest absolute Gasteiger partial charge is 1.00 e. The first kappa shape index (κ1) is 25.4. The van der Waals surface area contributed by atoms with E-state index in [0.717, 1.165) is 13.0 Å². The van der Waals surface area contributed by atoms with Crippen LogP contribution in [0.15, 0.2) is 0 Å². The lowest BCUT2D eigenvalue weighted by Crippen LogP contribution is -3.00. The molecular weight excluding hydrogens is 338 g/mol. The van der Waals surface area contributed by atoms with Gasteiger partial charge >= 0.3 is 10.4 Å². The van der Waals surface area contributed by atoms with E-state index in [1.165, 1.54) is 57.8 Å². The number of rotatable bonds is 15. The summed E-state index contributed by atoms with van der Waals surface area (Å²) < 4.78 is 34.6. The third kappa shape index (κ3) is 20.1. The molecule has 0 saturated heterocycles. The number of halogens is 1. The van der Waals surface area contributed by atoms with Crippen molar-refractivity contribution in [3.63, 3.8) is 0 Å². The number of hydrogen-bond donors (Lipinski definition) is 1. The van der Waals surface area contributed by atoms with Crippen LogP contribution in [0.1, 0.15) is 71.1 Å². The summed E-state index contributed by atoms with van der Waals surface area (Å²) in [7, 11) is -0.187. The van der Waals surface area contributed by atoms with E-state index in [9.17, 15) is 8.42 Å². The fourth-order valence-electron chi connectivity index (χ4n) is 2.53. The standard InChI is InChI=1S/C16H35NO4S.ClH/c1-4-5-6-7-8-9-10-11-12-13-14-17(2,3)15-16-21-22(18,19)20;/h4-16H2,1-3H3;1H. The average molecular weight is 374 g/mol. The quantitative estimate of drug-likeness (QED) is 0.262. The second-order valence-electron chi connectivity index (χ2n) is 6.81. The van der Waals surface area contributed by atoms with Gasteiger partial charge < -0.3 is 16.9 Å². The molecule has 0 spiro atoms. The smallest absolute Gasteiger partial charge is 0.397 e. The van der Waals surface area contributed by atoms with Crippen LogP contribution in [0.4, 0.5) is 0 Å². The van der Waals surface area contributed by atoms with Crippen molar-refractivity contribution in [1.82, 2.24) is 0 Å². The van der Waals surface area contributed by atoms with Gasteiger partial charge in [-0.05, 0) is 12.8 Å². The Morgan fingerprint density at radius 3 is 1.70 bits per heavy atom. The van der Waals surface area contributed by atoms with E-state index >= 15 is 0 Å². The van der Waals surface area contributed by atoms with Gasteiger partial charge in [0, 0.05) is 0 Å². The van der Waals surface area contributed by atoms with Gasteiger partial charge in [0.2, 0.25) is 0 Å². The predicted molar refractivity (Wildman–Crippen MR) is 91.2 cm³/mol. The molecule has 0 aliphatic heterocycles. The maximum atomic E-state index is 10.5. The molecule has 0 aromatic rings. The van der Waals surface area contributed by atoms with Crippen molar-refractivity contribution in [2.75, 3.05) is 33.8 Å². The molecular formula is C16H36ClNO4S. The topological polar surface area (TPSA) is 63.6 Å². The van der Waals surface area contributed by atoms with E-state index in [1.54, 1.807) is 0 Å². The number of unbranched alkanes of at least 4 members (excludes halogenated alkanes) is 9. The fraction of sp³-hybridized carbons (Fsp3) is 1.00. The van der Waals surface area contributed by atoms with E-state index in [4.69, 9.17) is 4.55 Å². The van der Waals surface area contributed by atoms with Crippen LogP contribution >= 0.6 is 0 Å². The summed E-state index contributed by atoms with van der Waals surface area (Å²) in [6, 6.07) is 0. The number of nitrogens with zero attached hydrogens (tertiary/aromatic N) is 1. The SMILES string of the molecule is CCCCCCCCCCCC[N+](C)(C)CCOS(=O)(=O)O.[Cl-]. The van der Waals surface area contributed by atoms with Gasteiger partial charge in [-0.1, -0.05) is 58.3 Å². The second-order valence-corrected chi connectivity index (χ2v) is 7.91. The summed E-state index contributed by atoms with van der Waals surface area (Å²) in [5.74, 6) is 0. The second kappa shape index (κ2) is 14.5. The third-order valence-corrected chi connectivity index (χ3v) is 4.51. The molecule has 5 nitrogen and oxygen atoms in total. The average Bonchev–Trinajstić information content (AvgIpc) is 2.39. The van der Waals surface area contributed by atoms with Crippen LogP contribution in [0.5, 0.6) is 0 Å². The summed E-state index contributed by atoms with van der Waals surface area (Å²) in [6.07, 6.45) is 13.2. The van der Waals surface area contributed by atoms with Gasteiger partial charge in [0.05, 0.1) is 20.6 Å². The van der Waals surface area contributed by atoms with Crippen LogP contribution < -0.4 is 12.4 Å². The van der Waals surface area contributed by atoms with Crippen LogP contribution in [-0.2, 0) is 14.6 Å². The molecule has 0 unspecified atom stereocenters. The Balaban J connectivity index is 0. The Morgan fingerprint density at radius 1 is 0.826 bits per heavy atom. The Kier molecular flexibility index (Phi) is 15.9. The van der Waals surface area contributed by atoms with Gasteiger partial charge in [-0.3, -0.25) is 4.55 Å². The van der Waals surface area contributed by atoms with Crippen LogP contribution in [0.2, 0.25) is 0 Å². The monoisotopic (exact) mass is 373 g/mol. The zero-order valence-corrected chi connectivity index (χ0v) is 16.7. The molecule has 0 aliphatic carbocycles. The van der Waals surface area contributed by atoms with Crippen molar-refractivity contribution in [1.29, 1.82) is 0 Å². The fourth-order valence-corrected chi connectivity index (χ4v) is 2.81. The van der Waals surface area contributed by atoms with E-state index in [0.29, 0.717) is 11.0 Å². The minimum Gasteiger partial charge on any atom is -1.00 e. The molecule has 0 radical (unpaired) electrons. The first-order valence-corrected chi connectivity index (χ1v) is 10.1. The van der Waals surface area contributed by atoms with Crippen LogP contribution in [0.25, 0.3) is 0 Å². The summed E-state index contributed by atoms with van der Waals surface area (Å²) in [4.78, 5) is 0. The highest BCUT2D eigenvalue weighted by Crippen LogP contribution is 2.11. The number of quaternary nitrogens is 1. The Labute approximate surface area is 149 Å². The van der Waals surface area contributed by atoms with Gasteiger partial charge in [-0.25, -0.2) is 4.18 Å². The molecule has 0 bridgehead atoms. The zero-order valence-electron chi connectivity index (χ0n) is 15.1. The normalized spacial score (nSPS) is 12.2. The summed E-state index contributed by atoms with van der Waals surface area (Å²) in [5, 5.41) is 0. The van der Waals surface area contributed by atoms with Crippen LogP contribution in [-0.4, -0.2) is 51.2 Å². The van der Waals surface area contributed by atoms with E-state index < -0.39 is 10.4 Å². The minimum absolute atomic E-state index is 0. The van der Waals surface area contributed by atoms with Crippen molar-refractivity contribution in [2.24, 2.45) is 0 Å². The molecule has 0 saturated carbocycles. The molecule has 7 heteroatoms. The van der Waals surface area contributed by atoms with Crippen molar-refractivity contribution in [3.05, 3.63) is 0 Å². The van der Waals surface area contributed by atoms with E-state index in [2.05, 4.69) is 25.2 Å². The lowest BCUT2D eigenvalue weighted by atomic mass is 10.1. The molecule has 0 fully saturated rings. The third-order valence-electron chi connectivity index (χ3n) is 4.05. The molecule has 23 heavy (non-hydrogen) atoms. The molecule has 0 aliphatic rings. The minimum atomic E-state index is -4.30. The van der Waals surface area contributed by atoms with Gasteiger partial charge in [0.25, 0.3) is 0 Å². The Bertz CT molecular complexity index is 361. The van der Waals surface area contributed by atoms with Crippen molar-refractivity contribution >= 4 is 10.4 Å². The lowest BCUT2D eigenvalue weighted by molar-refractivity contribution is -0.890. The zero-order chi connectivity index (χ0) is 16.9. The highest BCUT2D eigenvalue weighted by molar-refractivity contribution is 7.80. The molecule has 0 atom stereocenters. The maximum Gasteiger partial charge on any atom is 0.397 e. The Hall–Kier alpha value is 0.120. The van der Waals surface area contributed by atoms with Gasteiger partial charge in [0.1, 0.15) is 13.2 Å². The summed E-state index contributed by atoms with van der Waals surface area (Å²) >= 11 is 0. The molecule has 0 aromatic heterocycles. The first-order chi connectivity index (χ1) is 10.3. The first-order valence-electron chi connectivity index (χ1n) is 8.71. The van der Waals surface area contributed by atoms with Crippen molar-refractivity contribution < 1.29 is 34.0 Å². The molecule has 0 rings (SSSR count). The highest BCUT2D eigenvalue weighted by atomic mass is 35.5. The van der Waals surface area contributed by atoms with E-state index in [1.807, 2.05) is 0 Å². The van der Waals surface area contributed by atoms with Crippen molar-refractivity contribution in [2.45, 2.75) is 71.1 Å². The van der Waals surface area contributed by atoms with Crippen LogP contribution in [0, 0.1) is 0 Å². The van der Waals surface area contributed by atoms with Gasteiger partial charge in [-0.15, -0.1) is 0 Å². The molecule has 0 aromatic carbocycles. The predicted octanol–water partition coefficient (Wildman–Crippen LogP) is 0.807. The van der Waals surface area contributed by atoms with Crippen LogP contribution in [0.3, 0.4) is 0 Å². The van der Waals surface area contributed by atoms with Gasteiger partial charge in [-0.2, -0.15) is 8.42 Å². The van der Waals surface area contributed by atoms with Gasteiger partial charge in [0.15, 0.2) is 0 Å². The molecule has 1 N–H and O–H groups in total. The number of hydrogen-bond acceptors (Lipinski definition) is 3. The Morgan fingerprint density at radius 2 is 1.26 bits per heavy atom. The van der Waals surface area contributed by atoms with Crippen molar-refractivity contribution in [3.8, 4) is 0 Å². The summed E-state index contributed by atoms with van der Waals surface area (Å²) in [6.45, 7) is 3.86. The highest BCUT2D eigenvalue weighted by Gasteiger charge is 2.16. The summed E-state index contributed by atoms with van der Waals surface area (Å²) in [5.41, 5.74) is 0.